The number of fused-ring (bicyclic) bond motifs is 3. The van der Waals surface area contributed by atoms with Gasteiger partial charge in [0, 0.05) is 10.8 Å². The first kappa shape index (κ1) is 12.6. The molecule has 2 aromatic carbocycles. The fraction of sp³-hybridized carbons (Fsp3) is 0.111. The van der Waals surface area contributed by atoms with Crippen LogP contribution < -0.4 is 0 Å². The highest BCUT2D eigenvalue weighted by Crippen LogP contribution is 2.33. The second-order valence-electron chi connectivity index (χ2n) is 5.27. The summed E-state index contributed by atoms with van der Waals surface area (Å²) in [6, 6.07) is 13.9. The van der Waals surface area contributed by atoms with E-state index in [2.05, 4.69) is 5.38 Å². The van der Waals surface area contributed by atoms with Gasteiger partial charge in [0.15, 0.2) is 0 Å². The fourth-order valence-electron chi connectivity index (χ4n) is 2.74. The first-order valence-corrected chi connectivity index (χ1v) is 7.80. The Balaban J connectivity index is 1.90. The molecule has 3 heteroatoms. The monoisotopic (exact) mass is 294 g/mol. The quantitative estimate of drug-likeness (QED) is 0.562. The molecule has 2 aromatic heterocycles. The molecular weight excluding hydrogens is 280 g/mol. The molecule has 0 bridgehead atoms. The average Bonchev–Trinajstić information content (AvgIpc) is 3.09. The van der Waals surface area contributed by atoms with Crippen LogP contribution in [0.25, 0.3) is 21.9 Å². The van der Waals surface area contributed by atoms with E-state index in [0.29, 0.717) is 0 Å². The minimum absolute atomic E-state index is 0.589. The summed E-state index contributed by atoms with van der Waals surface area (Å²) in [7, 11) is 0. The van der Waals surface area contributed by atoms with Gasteiger partial charge in [-0.15, -0.1) is 0 Å². The number of furan rings is 1. The van der Waals surface area contributed by atoms with Crippen LogP contribution in [-0.2, 0) is 0 Å². The number of aliphatic hydroxyl groups excluding tert-OH is 1. The van der Waals surface area contributed by atoms with Gasteiger partial charge in [0.05, 0.1) is 0 Å². The molecule has 2 nitrogen and oxygen atoms in total. The third-order valence-electron chi connectivity index (χ3n) is 3.91. The molecule has 1 unspecified atom stereocenters. The van der Waals surface area contributed by atoms with Crippen LogP contribution in [0.1, 0.15) is 22.8 Å². The highest BCUT2D eigenvalue weighted by atomic mass is 32.1. The van der Waals surface area contributed by atoms with E-state index in [9.17, 15) is 5.11 Å². The molecule has 21 heavy (non-hydrogen) atoms. The molecule has 2 heterocycles. The smallest absolute Gasteiger partial charge is 0.135 e. The summed E-state index contributed by atoms with van der Waals surface area (Å²) >= 11 is 1.62. The summed E-state index contributed by atoms with van der Waals surface area (Å²) in [5.41, 5.74) is 4.74. The van der Waals surface area contributed by atoms with Crippen molar-refractivity contribution in [1.82, 2.24) is 0 Å². The maximum absolute atomic E-state index is 10.6. The van der Waals surface area contributed by atoms with E-state index < -0.39 is 6.10 Å². The van der Waals surface area contributed by atoms with Gasteiger partial charge in [0.2, 0.25) is 0 Å². The van der Waals surface area contributed by atoms with E-state index in [-0.39, 0.29) is 0 Å². The summed E-state index contributed by atoms with van der Waals surface area (Å²) in [4.78, 5) is 0. The lowest BCUT2D eigenvalue weighted by Gasteiger charge is -2.11. The molecule has 4 rings (SSSR count). The van der Waals surface area contributed by atoms with Crippen LogP contribution in [0.15, 0.2) is 57.6 Å². The third-order valence-corrected chi connectivity index (χ3v) is 4.79. The normalized spacial score (nSPS) is 13.0. The van der Waals surface area contributed by atoms with E-state index in [0.717, 1.165) is 38.6 Å². The number of hydrogen-bond donors (Lipinski definition) is 1. The highest BCUT2D eigenvalue weighted by molar-refractivity contribution is 7.08. The van der Waals surface area contributed by atoms with Crippen molar-refractivity contribution in [3.8, 4) is 0 Å². The zero-order valence-corrected chi connectivity index (χ0v) is 12.4. The number of rotatable bonds is 2. The number of aryl methyl sites for hydroxylation is 1. The van der Waals surface area contributed by atoms with Gasteiger partial charge in [-0.2, -0.15) is 11.3 Å². The lowest BCUT2D eigenvalue weighted by Crippen LogP contribution is -1.99. The van der Waals surface area contributed by atoms with Crippen molar-refractivity contribution in [3.63, 3.8) is 0 Å². The minimum Gasteiger partial charge on any atom is -0.456 e. The molecule has 104 valence electrons. The van der Waals surface area contributed by atoms with Gasteiger partial charge in [-0.25, -0.2) is 0 Å². The maximum atomic E-state index is 10.6. The van der Waals surface area contributed by atoms with Gasteiger partial charge in [-0.05, 0) is 52.6 Å². The molecule has 0 aliphatic rings. The summed E-state index contributed by atoms with van der Waals surface area (Å²) in [6.07, 6.45) is -0.589. The molecule has 4 aromatic rings. The molecule has 0 saturated heterocycles. The molecule has 0 spiro atoms. The molecule has 0 saturated carbocycles. The fourth-order valence-corrected chi connectivity index (χ4v) is 3.61. The van der Waals surface area contributed by atoms with E-state index in [1.165, 1.54) is 0 Å². The second kappa shape index (κ2) is 4.72. The van der Waals surface area contributed by atoms with Crippen LogP contribution in [0.2, 0.25) is 0 Å². The largest absolute Gasteiger partial charge is 0.456 e. The van der Waals surface area contributed by atoms with E-state index >= 15 is 0 Å². The van der Waals surface area contributed by atoms with Crippen LogP contribution in [0.3, 0.4) is 0 Å². The molecule has 0 radical (unpaired) electrons. The van der Waals surface area contributed by atoms with Crippen molar-refractivity contribution in [2.24, 2.45) is 0 Å². The van der Waals surface area contributed by atoms with Crippen molar-refractivity contribution >= 4 is 33.3 Å². The van der Waals surface area contributed by atoms with Crippen LogP contribution in [-0.4, -0.2) is 5.11 Å². The minimum atomic E-state index is -0.589. The Kier molecular flexibility index (Phi) is 2.84. The molecule has 0 fully saturated rings. The van der Waals surface area contributed by atoms with Crippen molar-refractivity contribution in [1.29, 1.82) is 0 Å². The van der Waals surface area contributed by atoms with Crippen molar-refractivity contribution in [2.45, 2.75) is 13.0 Å². The maximum Gasteiger partial charge on any atom is 0.135 e. The number of aliphatic hydroxyl groups is 1. The van der Waals surface area contributed by atoms with Crippen molar-refractivity contribution < 1.29 is 9.52 Å². The summed E-state index contributed by atoms with van der Waals surface area (Å²) in [5.74, 6) is 0. The highest BCUT2D eigenvalue weighted by Gasteiger charge is 2.15. The van der Waals surface area contributed by atoms with Gasteiger partial charge >= 0.3 is 0 Å². The Morgan fingerprint density at radius 3 is 2.62 bits per heavy atom. The van der Waals surface area contributed by atoms with Gasteiger partial charge in [0.25, 0.3) is 0 Å². The molecule has 0 aliphatic carbocycles. The van der Waals surface area contributed by atoms with Crippen LogP contribution >= 0.6 is 11.3 Å². The molecule has 1 N–H and O–H groups in total. The third kappa shape index (κ3) is 1.97. The van der Waals surface area contributed by atoms with Crippen LogP contribution in [0.5, 0.6) is 0 Å². The zero-order chi connectivity index (χ0) is 14.4. The lowest BCUT2D eigenvalue weighted by atomic mass is 9.99. The first-order chi connectivity index (χ1) is 10.2. The predicted octanol–water partition coefficient (Wildman–Crippen LogP) is 5.04. The average molecular weight is 294 g/mol. The Morgan fingerprint density at radius 2 is 1.81 bits per heavy atom. The number of thiophene rings is 1. The Morgan fingerprint density at radius 1 is 1.00 bits per heavy atom. The van der Waals surface area contributed by atoms with Gasteiger partial charge in [-0.3, -0.25) is 0 Å². The van der Waals surface area contributed by atoms with E-state index in [1.807, 2.05) is 54.8 Å². The molecular formula is C18H14O2S. The van der Waals surface area contributed by atoms with Crippen molar-refractivity contribution in [2.75, 3.05) is 0 Å². The topological polar surface area (TPSA) is 33.4 Å². The standard InChI is InChI=1S/C18H14O2S/c1-11-9-21-10-15(11)18(19)12-6-7-17-14(8-12)13-4-2-3-5-16(13)20-17/h2-10,18-19H,1H3. The Bertz CT molecular complexity index is 933. The lowest BCUT2D eigenvalue weighted by molar-refractivity contribution is 0.220. The Hall–Kier alpha value is -2.10. The molecule has 0 amide bonds. The number of hydrogen-bond acceptors (Lipinski definition) is 3. The van der Waals surface area contributed by atoms with Crippen LogP contribution in [0, 0.1) is 6.92 Å². The summed E-state index contributed by atoms with van der Waals surface area (Å²) < 4.78 is 5.82. The SMILES string of the molecule is Cc1cscc1C(O)c1ccc2oc3ccccc3c2c1. The molecule has 1 atom stereocenters. The van der Waals surface area contributed by atoms with E-state index in [4.69, 9.17) is 4.42 Å². The number of benzene rings is 2. The summed E-state index contributed by atoms with van der Waals surface area (Å²) in [6.45, 7) is 2.03. The summed E-state index contributed by atoms with van der Waals surface area (Å²) in [5, 5.41) is 16.8. The van der Waals surface area contributed by atoms with E-state index in [1.54, 1.807) is 11.3 Å². The molecule has 0 aliphatic heterocycles. The predicted molar refractivity (Wildman–Crippen MR) is 86.8 cm³/mol. The van der Waals surface area contributed by atoms with Gasteiger partial charge in [0.1, 0.15) is 17.3 Å². The van der Waals surface area contributed by atoms with Gasteiger partial charge < -0.3 is 9.52 Å². The Labute approximate surface area is 126 Å². The van der Waals surface area contributed by atoms with Gasteiger partial charge in [-0.1, -0.05) is 24.3 Å². The first-order valence-electron chi connectivity index (χ1n) is 6.86. The van der Waals surface area contributed by atoms with Crippen LogP contribution in [0.4, 0.5) is 0 Å². The van der Waals surface area contributed by atoms with Crippen molar-refractivity contribution in [3.05, 3.63) is 69.9 Å². The zero-order valence-electron chi connectivity index (χ0n) is 11.5. The second-order valence-corrected chi connectivity index (χ2v) is 6.01. The number of para-hydroxylation sites is 1.